The summed E-state index contributed by atoms with van der Waals surface area (Å²) in [5.74, 6) is 0.537. The van der Waals surface area contributed by atoms with Crippen LogP contribution in [0.1, 0.15) is 72.3 Å². The minimum Gasteiger partial charge on any atom is -0.308 e. The molecule has 3 heterocycles. The van der Waals surface area contributed by atoms with Crippen molar-refractivity contribution in [3.05, 3.63) is 273 Å². The minimum absolute atomic E-state index is 0.511. The van der Waals surface area contributed by atoms with E-state index < -0.39 is 0 Å². The van der Waals surface area contributed by atoms with Crippen LogP contribution in [0.4, 0.5) is 0 Å². The predicted octanol–water partition coefficient (Wildman–Crippen LogP) is 21.9. The number of rotatable bonds is 9. The first-order chi connectivity index (χ1) is 42.5. The van der Waals surface area contributed by atoms with Gasteiger partial charge in [0.25, 0.3) is 0 Å². The van der Waals surface area contributed by atoms with Crippen molar-refractivity contribution in [1.82, 2.24) is 19.1 Å². The molecule has 5 heteroatoms. The van der Waals surface area contributed by atoms with Gasteiger partial charge in [-0.25, -0.2) is 9.97 Å². The van der Waals surface area contributed by atoms with Gasteiger partial charge in [-0.15, -0.1) is 0 Å². The van der Waals surface area contributed by atoms with Crippen molar-refractivity contribution in [3.8, 4) is 95.9 Å². The Balaban J connectivity index is 1.15. The highest BCUT2D eigenvalue weighted by Gasteiger charge is 2.28. The zero-order valence-corrected chi connectivity index (χ0v) is 52.3. The van der Waals surface area contributed by atoms with E-state index in [1.165, 1.54) is 89.0 Å². The van der Waals surface area contributed by atoms with Gasteiger partial charge in [0.1, 0.15) is 0 Å². The number of hydrogen-bond acceptors (Lipinski definition) is 3. The molecule has 0 N–H and O–H groups in total. The lowest BCUT2D eigenvalue weighted by atomic mass is 9.91. The van der Waals surface area contributed by atoms with Crippen LogP contribution in [0.15, 0.2) is 200 Å². The molecule has 0 spiro atoms. The molecule has 426 valence electrons. The van der Waals surface area contributed by atoms with E-state index in [1.54, 1.807) is 0 Å². The molecule has 14 rings (SSSR count). The molecule has 3 aromatic heterocycles. The Labute approximate surface area is 516 Å². The Kier molecular flexibility index (Phi) is 13.6. The number of benzene rings is 11. The topological polar surface area (TPSA) is 59.4 Å². The van der Waals surface area contributed by atoms with Gasteiger partial charge in [-0.05, 0) is 239 Å². The number of nitriles is 1. The highest BCUT2D eigenvalue weighted by molar-refractivity contribution is 6.15. The second-order valence-corrected chi connectivity index (χ2v) is 24.9. The van der Waals surface area contributed by atoms with Gasteiger partial charge in [0.15, 0.2) is 5.82 Å². The summed E-state index contributed by atoms with van der Waals surface area (Å²) in [4.78, 5) is 11.4. The first-order valence-electron chi connectivity index (χ1n) is 30.6. The van der Waals surface area contributed by atoms with Crippen LogP contribution in [0.3, 0.4) is 0 Å². The van der Waals surface area contributed by atoms with Crippen molar-refractivity contribution in [3.63, 3.8) is 0 Å². The number of aryl methyl sites for hydroxylation is 12. The molecule has 0 aliphatic carbocycles. The Morgan fingerprint density at radius 3 is 0.818 bits per heavy atom. The Hall–Kier alpha value is -10.4. The van der Waals surface area contributed by atoms with Crippen molar-refractivity contribution in [2.75, 3.05) is 0 Å². The molecule has 14 aromatic rings. The van der Waals surface area contributed by atoms with E-state index in [2.05, 4.69) is 286 Å². The van der Waals surface area contributed by atoms with E-state index in [4.69, 9.17) is 9.97 Å². The Bertz CT molecular complexity index is 4640. The summed E-state index contributed by atoms with van der Waals surface area (Å²) in [6, 6.07) is 75.9. The second-order valence-electron chi connectivity index (χ2n) is 24.9. The molecule has 0 atom stereocenters. The number of fused-ring (bicyclic) bond motifs is 6. The first-order valence-corrected chi connectivity index (χ1v) is 30.6. The van der Waals surface area contributed by atoms with Gasteiger partial charge in [0.05, 0.1) is 62.0 Å². The molecule has 5 nitrogen and oxygen atoms in total. The van der Waals surface area contributed by atoms with Crippen molar-refractivity contribution < 1.29 is 0 Å². The number of aromatic nitrogens is 4. The lowest BCUT2D eigenvalue weighted by molar-refractivity contribution is 1.10. The van der Waals surface area contributed by atoms with Crippen LogP contribution >= 0.6 is 0 Å². The van der Waals surface area contributed by atoms with Gasteiger partial charge in [-0.1, -0.05) is 156 Å². The van der Waals surface area contributed by atoms with Crippen molar-refractivity contribution >= 4 is 43.6 Å². The first kappa shape index (κ1) is 55.5. The largest absolute Gasteiger partial charge is 0.308 e. The summed E-state index contributed by atoms with van der Waals surface area (Å²) < 4.78 is 4.77. The summed E-state index contributed by atoms with van der Waals surface area (Å²) >= 11 is 0. The Morgan fingerprint density at radius 2 is 0.557 bits per heavy atom. The van der Waals surface area contributed by atoms with Crippen molar-refractivity contribution in [2.45, 2.75) is 83.1 Å². The highest BCUT2D eigenvalue weighted by atomic mass is 15.0. The molecule has 0 unspecified atom stereocenters. The summed E-state index contributed by atoms with van der Waals surface area (Å²) in [6.07, 6.45) is 0. The van der Waals surface area contributed by atoms with Crippen LogP contribution in [-0.4, -0.2) is 19.1 Å². The minimum atomic E-state index is 0.511. The number of nitrogens with zero attached hydrogens (tertiary/aromatic N) is 5. The van der Waals surface area contributed by atoms with Crippen LogP contribution < -0.4 is 0 Å². The molecule has 0 amide bonds. The fraction of sp³-hybridized carbons (Fsp3) is 0.145. The molecule has 88 heavy (non-hydrogen) atoms. The molecule has 0 aliphatic rings. The maximum Gasteiger partial charge on any atom is 0.164 e. The Morgan fingerprint density at radius 1 is 0.284 bits per heavy atom. The molecule has 0 saturated carbocycles. The molecule has 0 radical (unpaired) electrons. The maximum absolute atomic E-state index is 11.6. The smallest absolute Gasteiger partial charge is 0.164 e. The van der Waals surface area contributed by atoms with Gasteiger partial charge in [0.2, 0.25) is 0 Å². The van der Waals surface area contributed by atoms with Crippen LogP contribution in [0, 0.1) is 94.4 Å². The lowest BCUT2D eigenvalue weighted by Gasteiger charge is -2.21. The van der Waals surface area contributed by atoms with Crippen LogP contribution in [0.25, 0.3) is 133 Å². The zero-order valence-electron chi connectivity index (χ0n) is 52.3. The van der Waals surface area contributed by atoms with E-state index in [9.17, 15) is 5.26 Å². The van der Waals surface area contributed by atoms with Gasteiger partial charge in [-0.2, -0.15) is 5.26 Å². The van der Waals surface area contributed by atoms with E-state index in [1.807, 2.05) is 12.1 Å². The molecule has 0 saturated heterocycles. The molecular formula is C83H69N5. The highest BCUT2D eigenvalue weighted by Crippen LogP contribution is 2.47. The second kappa shape index (κ2) is 21.5. The van der Waals surface area contributed by atoms with Crippen LogP contribution in [-0.2, 0) is 0 Å². The predicted molar refractivity (Wildman–Crippen MR) is 370 cm³/mol. The molecular weight excluding hydrogens is 1070 g/mol. The third-order valence-electron chi connectivity index (χ3n) is 18.2. The third-order valence-corrected chi connectivity index (χ3v) is 18.2. The fourth-order valence-corrected chi connectivity index (χ4v) is 15.1. The molecule has 0 aliphatic heterocycles. The van der Waals surface area contributed by atoms with Crippen LogP contribution in [0.5, 0.6) is 0 Å². The van der Waals surface area contributed by atoms with E-state index in [0.717, 1.165) is 105 Å². The monoisotopic (exact) mass is 1140 g/mol. The standard InChI is InChI=1S/C83H69N5/c1-47-31-51(5)78(52(6)32-47)62-23-27-72-66(41-62)67-42-63(79-53(7)33-48(2)34-54(79)8)24-28-73(67)87(72)76-39-59(46-84)40-77(82(76)83-85-70(60-19-15-13-16-20-60)45-71(86-83)61-21-17-14-18-22-61)88-74-29-25-64(80-55(9)35-49(3)36-56(80)10)43-68(74)69-44-65(26-30-75(69)88)81-57(11)37-50(4)38-58(81)12/h13-45H,1-12H3. The van der Waals surface area contributed by atoms with E-state index in [0.29, 0.717) is 11.4 Å². The number of hydrogen-bond donors (Lipinski definition) is 0. The third kappa shape index (κ3) is 9.39. The molecule has 0 fully saturated rings. The maximum atomic E-state index is 11.6. The van der Waals surface area contributed by atoms with Crippen molar-refractivity contribution in [2.24, 2.45) is 0 Å². The van der Waals surface area contributed by atoms with Gasteiger partial charge < -0.3 is 9.13 Å². The quantitative estimate of drug-likeness (QED) is 0.145. The van der Waals surface area contributed by atoms with E-state index in [-0.39, 0.29) is 0 Å². The van der Waals surface area contributed by atoms with Crippen molar-refractivity contribution in [1.29, 1.82) is 5.26 Å². The summed E-state index contributed by atoms with van der Waals surface area (Å²) in [6.45, 7) is 26.5. The van der Waals surface area contributed by atoms with Gasteiger partial charge in [0, 0.05) is 32.7 Å². The van der Waals surface area contributed by atoms with Crippen LogP contribution in [0.2, 0.25) is 0 Å². The summed E-state index contributed by atoms with van der Waals surface area (Å²) in [5, 5.41) is 16.0. The average Bonchev–Trinajstić information content (AvgIpc) is 1.58. The van der Waals surface area contributed by atoms with Gasteiger partial charge >= 0.3 is 0 Å². The zero-order chi connectivity index (χ0) is 61.0. The van der Waals surface area contributed by atoms with E-state index >= 15 is 0 Å². The lowest BCUT2D eigenvalue weighted by Crippen LogP contribution is -2.08. The average molecular weight is 1140 g/mol. The molecule has 11 aromatic carbocycles. The summed E-state index contributed by atoms with van der Waals surface area (Å²) in [5.41, 5.74) is 34.9. The molecule has 0 bridgehead atoms. The normalized spacial score (nSPS) is 11.6. The SMILES string of the molecule is Cc1cc(C)c(-c2ccc3c(c2)c2cc(-c4c(C)cc(C)cc4C)ccc2n3-c2cc(C#N)cc(-n3c4ccc(-c5c(C)cc(C)cc5C)cc4c4cc(-c5c(C)cc(C)cc5C)ccc43)c2-c2nc(-c3ccccc3)cc(-c3ccccc3)n2)c(C)c1. The fourth-order valence-electron chi connectivity index (χ4n) is 15.1. The summed E-state index contributed by atoms with van der Waals surface area (Å²) in [7, 11) is 0. The van der Waals surface area contributed by atoms with Gasteiger partial charge in [-0.3, -0.25) is 0 Å².